The quantitative estimate of drug-likeness (QED) is 0.797. The molecule has 0 aliphatic carbocycles. The number of pyridine rings is 1. The molecule has 0 fully saturated rings. The predicted molar refractivity (Wildman–Crippen MR) is 78.5 cm³/mol. The second kappa shape index (κ2) is 6.00. The molecule has 0 bridgehead atoms. The van der Waals surface area contributed by atoms with E-state index in [-0.39, 0.29) is 12.3 Å². The SMILES string of the molecule is O=C(Cc1ccon1)Nc1ncccc1-c1ccccc1. The summed E-state index contributed by atoms with van der Waals surface area (Å²) < 4.78 is 4.71. The molecule has 0 saturated heterocycles. The van der Waals surface area contributed by atoms with E-state index >= 15 is 0 Å². The van der Waals surface area contributed by atoms with E-state index in [0.717, 1.165) is 11.1 Å². The molecule has 0 atom stereocenters. The van der Waals surface area contributed by atoms with E-state index in [1.807, 2.05) is 42.5 Å². The molecular weight excluding hydrogens is 266 g/mol. The zero-order valence-corrected chi connectivity index (χ0v) is 11.2. The van der Waals surface area contributed by atoms with E-state index in [2.05, 4.69) is 15.5 Å². The summed E-state index contributed by atoms with van der Waals surface area (Å²) in [5.74, 6) is 0.358. The lowest BCUT2D eigenvalue weighted by molar-refractivity contribution is -0.115. The Morgan fingerprint density at radius 2 is 1.95 bits per heavy atom. The summed E-state index contributed by atoms with van der Waals surface area (Å²) in [4.78, 5) is 16.3. The van der Waals surface area contributed by atoms with Crippen LogP contribution in [0.1, 0.15) is 5.69 Å². The number of rotatable bonds is 4. The van der Waals surface area contributed by atoms with Crippen molar-refractivity contribution in [1.82, 2.24) is 10.1 Å². The normalized spacial score (nSPS) is 10.3. The number of hydrogen-bond acceptors (Lipinski definition) is 4. The van der Waals surface area contributed by atoms with E-state index < -0.39 is 0 Å². The molecule has 1 aromatic carbocycles. The van der Waals surface area contributed by atoms with E-state index in [4.69, 9.17) is 4.52 Å². The third-order valence-electron chi connectivity index (χ3n) is 2.98. The molecule has 0 radical (unpaired) electrons. The van der Waals surface area contributed by atoms with Crippen LogP contribution >= 0.6 is 0 Å². The molecule has 0 unspecified atom stereocenters. The van der Waals surface area contributed by atoms with Crippen LogP contribution in [0.4, 0.5) is 5.82 Å². The number of aromatic nitrogens is 2. The van der Waals surface area contributed by atoms with Crippen molar-refractivity contribution in [3.8, 4) is 11.1 Å². The van der Waals surface area contributed by atoms with Gasteiger partial charge in [0.15, 0.2) is 0 Å². The van der Waals surface area contributed by atoms with Gasteiger partial charge in [-0.25, -0.2) is 4.98 Å². The second-order valence-corrected chi connectivity index (χ2v) is 4.48. The minimum Gasteiger partial charge on any atom is -0.364 e. The number of carbonyl (C=O) groups excluding carboxylic acids is 1. The van der Waals surface area contributed by atoms with Crippen molar-refractivity contribution in [2.24, 2.45) is 0 Å². The largest absolute Gasteiger partial charge is 0.364 e. The molecule has 3 aromatic rings. The van der Waals surface area contributed by atoms with Crippen LogP contribution in [-0.4, -0.2) is 16.0 Å². The summed E-state index contributed by atoms with van der Waals surface area (Å²) in [6, 6.07) is 15.2. The summed E-state index contributed by atoms with van der Waals surface area (Å²) in [5, 5.41) is 6.54. The summed E-state index contributed by atoms with van der Waals surface area (Å²) in [7, 11) is 0. The zero-order valence-electron chi connectivity index (χ0n) is 11.2. The number of nitrogens with one attached hydrogen (secondary N) is 1. The zero-order chi connectivity index (χ0) is 14.5. The molecule has 2 aromatic heterocycles. The lowest BCUT2D eigenvalue weighted by Gasteiger charge is -2.09. The molecule has 0 aliphatic rings. The molecule has 3 rings (SSSR count). The van der Waals surface area contributed by atoms with Gasteiger partial charge in [0.2, 0.25) is 5.91 Å². The molecule has 1 N–H and O–H groups in total. The fraction of sp³-hybridized carbons (Fsp3) is 0.0625. The highest BCUT2D eigenvalue weighted by Gasteiger charge is 2.11. The van der Waals surface area contributed by atoms with Gasteiger partial charge in [-0.2, -0.15) is 0 Å². The summed E-state index contributed by atoms with van der Waals surface area (Å²) in [5.41, 5.74) is 2.47. The molecule has 5 nitrogen and oxygen atoms in total. The number of carbonyl (C=O) groups is 1. The Balaban J connectivity index is 1.81. The first-order valence-electron chi connectivity index (χ1n) is 6.52. The average Bonchev–Trinajstić information content (AvgIpc) is 3.01. The molecule has 0 aliphatic heterocycles. The maximum absolute atomic E-state index is 12.0. The molecule has 2 heterocycles. The fourth-order valence-corrected chi connectivity index (χ4v) is 2.03. The summed E-state index contributed by atoms with van der Waals surface area (Å²) >= 11 is 0. The van der Waals surface area contributed by atoms with E-state index in [1.165, 1.54) is 6.26 Å². The Morgan fingerprint density at radius 1 is 1.10 bits per heavy atom. The topological polar surface area (TPSA) is 68.0 Å². The van der Waals surface area contributed by atoms with Gasteiger partial charge in [-0.15, -0.1) is 0 Å². The van der Waals surface area contributed by atoms with Crippen LogP contribution in [0, 0.1) is 0 Å². The Kier molecular flexibility index (Phi) is 3.73. The first-order valence-corrected chi connectivity index (χ1v) is 6.52. The summed E-state index contributed by atoms with van der Waals surface area (Å²) in [6.45, 7) is 0. The van der Waals surface area contributed by atoms with Crippen molar-refractivity contribution in [2.45, 2.75) is 6.42 Å². The third-order valence-corrected chi connectivity index (χ3v) is 2.98. The lowest BCUT2D eigenvalue weighted by atomic mass is 10.1. The van der Waals surface area contributed by atoms with E-state index in [1.54, 1.807) is 12.3 Å². The molecule has 104 valence electrons. The minimum atomic E-state index is -0.181. The van der Waals surface area contributed by atoms with Crippen LogP contribution in [-0.2, 0) is 11.2 Å². The lowest BCUT2D eigenvalue weighted by Crippen LogP contribution is -2.16. The van der Waals surface area contributed by atoms with Crippen molar-refractivity contribution < 1.29 is 9.32 Å². The highest BCUT2D eigenvalue weighted by molar-refractivity contribution is 5.94. The maximum atomic E-state index is 12.0. The predicted octanol–water partition coefficient (Wildman–Crippen LogP) is 2.92. The third kappa shape index (κ3) is 3.14. The first-order chi connectivity index (χ1) is 10.3. The van der Waals surface area contributed by atoms with Gasteiger partial charge in [-0.05, 0) is 17.7 Å². The number of hydrogen-bond donors (Lipinski definition) is 1. The summed E-state index contributed by atoms with van der Waals surface area (Å²) in [6.07, 6.45) is 3.25. The second-order valence-electron chi connectivity index (χ2n) is 4.48. The molecule has 0 saturated carbocycles. The highest BCUT2D eigenvalue weighted by atomic mass is 16.5. The van der Waals surface area contributed by atoms with Crippen molar-refractivity contribution >= 4 is 11.7 Å². The fourth-order valence-electron chi connectivity index (χ4n) is 2.03. The Hall–Kier alpha value is -2.95. The van der Waals surface area contributed by atoms with Crippen LogP contribution in [0.2, 0.25) is 0 Å². The van der Waals surface area contributed by atoms with Crippen LogP contribution in [0.15, 0.2) is 65.5 Å². The molecular formula is C16H13N3O2. The molecule has 0 spiro atoms. The van der Waals surface area contributed by atoms with E-state index in [9.17, 15) is 4.79 Å². The molecule has 21 heavy (non-hydrogen) atoms. The van der Waals surface area contributed by atoms with Crippen LogP contribution in [0.25, 0.3) is 11.1 Å². The average molecular weight is 279 g/mol. The van der Waals surface area contributed by atoms with Crippen LogP contribution in [0.5, 0.6) is 0 Å². The van der Waals surface area contributed by atoms with Gasteiger partial charge in [0.05, 0.1) is 12.1 Å². The van der Waals surface area contributed by atoms with Gasteiger partial charge < -0.3 is 9.84 Å². The first kappa shape index (κ1) is 13.1. The van der Waals surface area contributed by atoms with Gasteiger partial charge >= 0.3 is 0 Å². The number of amides is 1. The van der Waals surface area contributed by atoms with Gasteiger partial charge in [0, 0.05) is 17.8 Å². The Morgan fingerprint density at radius 3 is 2.71 bits per heavy atom. The van der Waals surface area contributed by atoms with E-state index in [0.29, 0.717) is 11.5 Å². The smallest absolute Gasteiger partial charge is 0.231 e. The number of benzene rings is 1. The minimum absolute atomic E-state index is 0.154. The Bertz CT molecular complexity index is 724. The number of nitrogens with zero attached hydrogens (tertiary/aromatic N) is 2. The number of anilines is 1. The van der Waals surface area contributed by atoms with Gasteiger partial charge in [0.25, 0.3) is 0 Å². The van der Waals surface area contributed by atoms with Crippen molar-refractivity contribution in [2.75, 3.05) is 5.32 Å². The molecule has 5 heteroatoms. The molecule has 1 amide bonds. The van der Waals surface area contributed by atoms with Crippen molar-refractivity contribution in [3.05, 3.63) is 66.7 Å². The monoisotopic (exact) mass is 279 g/mol. The highest BCUT2D eigenvalue weighted by Crippen LogP contribution is 2.25. The standard InChI is InChI=1S/C16H13N3O2/c20-15(11-13-8-10-21-19-13)18-16-14(7-4-9-17-16)12-5-2-1-3-6-12/h1-10H,11H2,(H,17,18,20). The van der Waals surface area contributed by atoms with Crippen LogP contribution < -0.4 is 5.32 Å². The maximum Gasteiger partial charge on any atom is 0.231 e. The van der Waals surface area contributed by atoms with Gasteiger partial charge in [0.1, 0.15) is 12.1 Å². The van der Waals surface area contributed by atoms with Gasteiger partial charge in [-0.1, -0.05) is 35.5 Å². The van der Waals surface area contributed by atoms with Crippen LogP contribution in [0.3, 0.4) is 0 Å². The van der Waals surface area contributed by atoms with Crippen molar-refractivity contribution in [1.29, 1.82) is 0 Å². The van der Waals surface area contributed by atoms with Crippen molar-refractivity contribution in [3.63, 3.8) is 0 Å². The Labute approximate surface area is 121 Å². The van der Waals surface area contributed by atoms with Gasteiger partial charge in [-0.3, -0.25) is 4.79 Å².